The molecule has 1 aromatic heterocycles. The summed E-state index contributed by atoms with van der Waals surface area (Å²) in [6.45, 7) is 3.53. The highest BCUT2D eigenvalue weighted by Crippen LogP contribution is 2.19. The second-order valence-electron chi connectivity index (χ2n) is 5.93. The lowest BCUT2D eigenvalue weighted by Gasteiger charge is -2.33. The van der Waals surface area contributed by atoms with E-state index in [-0.39, 0.29) is 6.10 Å². The van der Waals surface area contributed by atoms with Crippen molar-refractivity contribution in [1.82, 2.24) is 10.2 Å². The van der Waals surface area contributed by atoms with Gasteiger partial charge in [0, 0.05) is 31.6 Å². The van der Waals surface area contributed by atoms with E-state index in [4.69, 9.17) is 14.9 Å². The molecule has 3 N–H and O–H groups in total. The highest BCUT2D eigenvalue weighted by molar-refractivity contribution is 6.34. The molecule has 24 heavy (non-hydrogen) atoms. The third-order valence-corrected chi connectivity index (χ3v) is 4.12. The molecule has 1 aliphatic heterocycles. The summed E-state index contributed by atoms with van der Waals surface area (Å²) < 4.78 is 11.1. The molecule has 2 heterocycles. The number of morpholine rings is 1. The van der Waals surface area contributed by atoms with E-state index in [2.05, 4.69) is 22.3 Å². The Bertz CT molecular complexity index is 727. The zero-order valence-corrected chi connectivity index (χ0v) is 13.4. The Morgan fingerprint density at radius 3 is 3.04 bits per heavy atom. The molecule has 0 radical (unpaired) electrons. The maximum absolute atomic E-state index is 11.1. The van der Waals surface area contributed by atoms with Crippen LogP contribution >= 0.6 is 0 Å². The monoisotopic (exact) mass is 331 g/mol. The van der Waals surface area contributed by atoms with E-state index in [1.807, 2.05) is 12.1 Å². The molecule has 0 unspecified atom stereocenters. The number of primary amides is 1. The molecule has 0 spiro atoms. The highest BCUT2D eigenvalue weighted by Gasteiger charge is 2.21. The van der Waals surface area contributed by atoms with Crippen molar-refractivity contribution >= 4 is 22.8 Å². The van der Waals surface area contributed by atoms with Crippen molar-refractivity contribution in [1.29, 1.82) is 0 Å². The van der Waals surface area contributed by atoms with E-state index in [1.54, 1.807) is 6.26 Å². The van der Waals surface area contributed by atoms with Gasteiger partial charge in [-0.1, -0.05) is 6.07 Å². The van der Waals surface area contributed by atoms with Crippen LogP contribution in [-0.4, -0.2) is 49.1 Å². The fraction of sp³-hybridized carbons (Fsp3) is 0.412. The fourth-order valence-electron chi connectivity index (χ4n) is 2.91. The van der Waals surface area contributed by atoms with Gasteiger partial charge in [-0.25, -0.2) is 0 Å². The van der Waals surface area contributed by atoms with Crippen LogP contribution in [0.15, 0.2) is 34.9 Å². The van der Waals surface area contributed by atoms with E-state index in [1.165, 1.54) is 5.56 Å². The molecule has 1 aromatic carbocycles. The Kier molecular flexibility index (Phi) is 5.12. The summed E-state index contributed by atoms with van der Waals surface area (Å²) in [6.07, 6.45) is 2.38. The Balaban J connectivity index is 1.49. The quantitative estimate of drug-likeness (QED) is 0.783. The number of nitrogens with two attached hydrogens (primary N) is 1. The minimum Gasteiger partial charge on any atom is -0.464 e. The van der Waals surface area contributed by atoms with Gasteiger partial charge in [-0.05, 0) is 30.2 Å². The van der Waals surface area contributed by atoms with Crippen LogP contribution in [0.4, 0.5) is 0 Å². The van der Waals surface area contributed by atoms with Crippen molar-refractivity contribution in [3.63, 3.8) is 0 Å². The average molecular weight is 331 g/mol. The van der Waals surface area contributed by atoms with Crippen molar-refractivity contribution in [2.75, 3.05) is 26.2 Å². The SMILES string of the molecule is NC(=O)C(=O)NCC[C@@H]1CN(Cc2ccc3occc3c2)CCO1. The summed E-state index contributed by atoms with van der Waals surface area (Å²) in [5.41, 5.74) is 7.02. The maximum Gasteiger partial charge on any atom is 0.309 e. The average Bonchev–Trinajstić information content (AvgIpc) is 3.02. The first-order valence-electron chi connectivity index (χ1n) is 7.99. The molecule has 1 atom stereocenters. The van der Waals surface area contributed by atoms with Gasteiger partial charge in [-0.2, -0.15) is 0 Å². The predicted octanol–water partition coefficient (Wildman–Crippen LogP) is 0.625. The van der Waals surface area contributed by atoms with Crippen LogP contribution in [0.1, 0.15) is 12.0 Å². The molecular weight excluding hydrogens is 310 g/mol. The lowest BCUT2D eigenvalue weighted by Crippen LogP contribution is -2.44. The zero-order chi connectivity index (χ0) is 16.9. The fourth-order valence-corrected chi connectivity index (χ4v) is 2.91. The number of rotatable bonds is 5. The van der Waals surface area contributed by atoms with Crippen LogP contribution in [0.25, 0.3) is 11.0 Å². The van der Waals surface area contributed by atoms with E-state index in [9.17, 15) is 9.59 Å². The second-order valence-corrected chi connectivity index (χ2v) is 5.93. The first-order chi connectivity index (χ1) is 11.6. The molecule has 2 aromatic rings. The van der Waals surface area contributed by atoms with E-state index >= 15 is 0 Å². The Morgan fingerprint density at radius 2 is 2.21 bits per heavy atom. The molecule has 2 amide bonds. The molecular formula is C17H21N3O4. The van der Waals surface area contributed by atoms with Gasteiger partial charge in [0.15, 0.2) is 0 Å². The van der Waals surface area contributed by atoms with E-state index < -0.39 is 11.8 Å². The van der Waals surface area contributed by atoms with Gasteiger partial charge in [0.1, 0.15) is 5.58 Å². The van der Waals surface area contributed by atoms with Crippen molar-refractivity contribution in [2.24, 2.45) is 5.73 Å². The topological polar surface area (TPSA) is 97.8 Å². The summed E-state index contributed by atoms with van der Waals surface area (Å²) in [7, 11) is 0. The molecule has 0 aliphatic carbocycles. The van der Waals surface area contributed by atoms with Gasteiger partial charge >= 0.3 is 11.8 Å². The molecule has 7 nitrogen and oxygen atoms in total. The Morgan fingerprint density at radius 1 is 1.33 bits per heavy atom. The van der Waals surface area contributed by atoms with Crippen molar-refractivity contribution < 1.29 is 18.7 Å². The number of furan rings is 1. The number of hydrogen-bond acceptors (Lipinski definition) is 5. The molecule has 0 saturated carbocycles. The van der Waals surface area contributed by atoms with Gasteiger partial charge in [-0.15, -0.1) is 0 Å². The van der Waals surface area contributed by atoms with Gasteiger partial charge < -0.3 is 20.2 Å². The number of nitrogens with zero attached hydrogens (tertiary/aromatic N) is 1. The van der Waals surface area contributed by atoms with Crippen molar-refractivity contribution in [3.8, 4) is 0 Å². The number of carbonyl (C=O) groups is 2. The van der Waals surface area contributed by atoms with Crippen LogP contribution in [0, 0.1) is 0 Å². The van der Waals surface area contributed by atoms with Crippen LogP contribution in [0.3, 0.4) is 0 Å². The van der Waals surface area contributed by atoms with Crippen molar-refractivity contribution in [2.45, 2.75) is 19.1 Å². The molecule has 1 aliphatic rings. The summed E-state index contributed by atoms with van der Waals surface area (Å²) in [6, 6.07) is 8.16. The number of hydrogen-bond donors (Lipinski definition) is 2. The molecule has 7 heteroatoms. The van der Waals surface area contributed by atoms with Crippen LogP contribution in [0.2, 0.25) is 0 Å². The number of carbonyl (C=O) groups excluding carboxylic acids is 2. The summed E-state index contributed by atoms with van der Waals surface area (Å²) >= 11 is 0. The second kappa shape index (κ2) is 7.46. The van der Waals surface area contributed by atoms with Gasteiger partial charge in [-0.3, -0.25) is 14.5 Å². The lowest BCUT2D eigenvalue weighted by molar-refractivity contribution is -0.137. The predicted molar refractivity (Wildman–Crippen MR) is 88.1 cm³/mol. The van der Waals surface area contributed by atoms with Crippen molar-refractivity contribution in [3.05, 3.63) is 36.1 Å². The van der Waals surface area contributed by atoms with Gasteiger partial charge in [0.2, 0.25) is 0 Å². The number of amides is 2. The third-order valence-electron chi connectivity index (χ3n) is 4.12. The number of nitrogens with one attached hydrogen (secondary N) is 1. The molecule has 128 valence electrons. The normalized spacial score (nSPS) is 18.6. The van der Waals surface area contributed by atoms with Gasteiger partial charge in [0.25, 0.3) is 0 Å². The first kappa shape index (κ1) is 16.5. The molecule has 1 fully saturated rings. The van der Waals surface area contributed by atoms with Crippen LogP contribution in [0.5, 0.6) is 0 Å². The highest BCUT2D eigenvalue weighted by atomic mass is 16.5. The smallest absolute Gasteiger partial charge is 0.309 e. The lowest BCUT2D eigenvalue weighted by atomic mass is 10.1. The number of ether oxygens (including phenoxy) is 1. The Hall–Kier alpha value is -2.38. The van der Waals surface area contributed by atoms with Crippen LogP contribution in [-0.2, 0) is 20.9 Å². The largest absolute Gasteiger partial charge is 0.464 e. The summed E-state index contributed by atoms with van der Waals surface area (Å²) in [5.74, 6) is -1.72. The maximum atomic E-state index is 11.1. The van der Waals surface area contributed by atoms with Crippen LogP contribution < -0.4 is 11.1 Å². The van der Waals surface area contributed by atoms with Gasteiger partial charge in [0.05, 0.1) is 19.0 Å². The standard InChI is InChI=1S/C17H21N3O4/c18-16(21)17(22)19-5-3-14-11-20(6-8-23-14)10-12-1-2-15-13(9-12)4-7-24-15/h1-2,4,7,9,14H,3,5-6,8,10-11H2,(H2,18,21)(H,19,22)/t14-/m1/s1. The Labute approximate surface area is 139 Å². The van der Waals surface area contributed by atoms with E-state index in [0.29, 0.717) is 19.6 Å². The third kappa shape index (κ3) is 4.12. The number of fused-ring (bicyclic) bond motifs is 1. The number of benzene rings is 1. The summed E-state index contributed by atoms with van der Waals surface area (Å²) in [5, 5.41) is 3.59. The summed E-state index contributed by atoms with van der Waals surface area (Å²) in [4.78, 5) is 24.1. The molecule has 3 rings (SSSR count). The molecule has 1 saturated heterocycles. The zero-order valence-electron chi connectivity index (χ0n) is 13.4. The minimum absolute atomic E-state index is 0.0320. The first-order valence-corrected chi connectivity index (χ1v) is 7.99. The molecule has 0 bridgehead atoms. The minimum atomic E-state index is -0.962. The van der Waals surface area contributed by atoms with E-state index in [0.717, 1.165) is 30.6 Å².